The predicted octanol–water partition coefficient (Wildman–Crippen LogP) is 4.45. The highest BCUT2D eigenvalue weighted by Gasteiger charge is 2.07. The lowest BCUT2D eigenvalue weighted by atomic mass is 10.1. The number of rotatable bonds is 3. The van der Waals surface area contributed by atoms with Crippen molar-refractivity contribution in [1.82, 2.24) is 4.98 Å². The number of fused-ring (bicyclic) bond motifs is 1. The van der Waals surface area contributed by atoms with Crippen molar-refractivity contribution < 1.29 is 4.42 Å². The fourth-order valence-corrected chi connectivity index (χ4v) is 2.12. The van der Waals surface area contributed by atoms with E-state index in [1.807, 2.05) is 36.4 Å². The van der Waals surface area contributed by atoms with E-state index in [0.29, 0.717) is 5.89 Å². The lowest BCUT2D eigenvalue weighted by Gasteiger charge is -1.95. The monoisotopic (exact) mass is 237 g/mol. The summed E-state index contributed by atoms with van der Waals surface area (Å²) in [6, 6.07) is 16.3. The third kappa shape index (κ3) is 2.02. The molecule has 90 valence electrons. The minimum absolute atomic E-state index is 0.694. The maximum Gasteiger partial charge on any atom is 0.227 e. The maximum absolute atomic E-state index is 5.78. The molecular weight excluding hydrogens is 222 g/mol. The summed E-state index contributed by atoms with van der Waals surface area (Å²) in [5.74, 6) is 0.694. The first kappa shape index (κ1) is 11.0. The van der Waals surface area contributed by atoms with Gasteiger partial charge in [0.05, 0.1) is 0 Å². The molecule has 0 atom stereocenters. The van der Waals surface area contributed by atoms with Gasteiger partial charge >= 0.3 is 0 Å². The minimum Gasteiger partial charge on any atom is -0.436 e. The van der Waals surface area contributed by atoms with E-state index in [2.05, 4.69) is 24.0 Å². The molecule has 0 saturated heterocycles. The molecule has 0 fully saturated rings. The topological polar surface area (TPSA) is 26.0 Å². The third-order valence-corrected chi connectivity index (χ3v) is 3.01. The van der Waals surface area contributed by atoms with E-state index >= 15 is 0 Å². The molecule has 0 radical (unpaired) electrons. The number of hydrogen-bond acceptors (Lipinski definition) is 2. The Bertz CT molecular complexity index is 655. The molecule has 1 aromatic heterocycles. The zero-order chi connectivity index (χ0) is 12.4. The Kier molecular flexibility index (Phi) is 2.85. The molecule has 0 unspecified atom stereocenters. The van der Waals surface area contributed by atoms with Crippen molar-refractivity contribution in [3.8, 4) is 11.5 Å². The first-order valence-corrected chi connectivity index (χ1v) is 6.31. The number of benzene rings is 2. The van der Waals surface area contributed by atoms with E-state index in [9.17, 15) is 0 Å². The molecule has 0 bridgehead atoms. The minimum atomic E-state index is 0.694. The summed E-state index contributed by atoms with van der Waals surface area (Å²) in [5.41, 5.74) is 4.14. The largest absolute Gasteiger partial charge is 0.436 e. The van der Waals surface area contributed by atoms with E-state index in [-0.39, 0.29) is 0 Å². The van der Waals surface area contributed by atoms with Gasteiger partial charge in [0, 0.05) is 5.56 Å². The molecule has 0 aliphatic carbocycles. The van der Waals surface area contributed by atoms with Crippen LogP contribution >= 0.6 is 0 Å². The first-order valence-electron chi connectivity index (χ1n) is 6.31. The summed E-state index contributed by atoms with van der Waals surface area (Å²) in [4.78, 5) is 4.56. The van der Waals surface area contributed by atoms with Crippen LogP contribution in [0.5, 0.6) is 0 Å². The lowest BCUT2D eigenvalue weighted by molar-refractivity contribution is 0.620. The Morgan fingerprint density at radius 2 is 1.89 bits per heavy atom. The van der Waals surface area contributed by atoms with Crippen molar-refractivity contribution in [2.24, 2.45) is 0 Å². The molecule has 18 heavy (non-hydrogen) atoms. The van der Waals surface area contributed by atoms with E-state index in [1.54, 1.807) is 0 Å². The zero-order valence-electron chi connectivity index (χ0n) is 10.4. The Balaban J connectivity index is 2.06. The molecule has 3 aromatic rings. The molecule has 0 saturated carbocycles. The van der Waals surface area contributed by atoms with Gasteiger partial charge in [-0.2, -0.15) is 0 Å². The van der Waals surface area contributed by atoms with Gasteiger partial charge in [0.1, 0.15) is 5.52 Å². The Morgan fingerprint density at radius 1 is 1.06 bits per heavy atom. The third-order valence-electron chi connectivity index (χ3n) is 3.01. The van der Waals surface area contributed by atoms with Crippen LogP contribution in [-0.4, -0.2) is 4.98 Å². The summed E-state index contributed by atoms with van der Waals surface area (Å²) in [6.45, 7) is 2.18. The molecule has 2 heteroatoms. The molecule has 2 nitrogen and oxygen atoms in total. The molecule has 0 spiro atoms. The van der Waals surface area contributed by atoms with Crippen LogP contribution in [0.4, 0.5) is 0 Å². The second-order valence-corrected chi connectivity index (χ2v) is 4.44. The van der Waals surface area contributed by atoms with Crippen molar-refractivity contribution in [3.63, 3.8) is 0 Å². The molecule has 0 amide bonds. The molecule has 2 aromatic carbocycles. The fraction of sp³-hybridized carbons (Fsp3) is 0.188. The van der Waals surface area contributed by atoms with Crippen molar-refractivity contribution in [1.29, 1.82) is 0 Å². The second-order valence-electron chi connectivity index (χ2n) is 4.44. The highest BCUT2D eigenvalue weighted by atomic mass is 16.3. The van der Waals surface area contributed by atoms with Crippen LogP contribution in [-0.2, 0) is 6.42 Å². The molecule has 0 aliphatic heterocycles. The van der Waals surface area contributed by atoms with E-state index in [4.69, 9.17) is 4.42 Å². The van der Waals surface area contributed by atoms with Gasteiger partial charge in [-0.05, 0) is 36.2 Å². The van der Waals surface area contributed by atoms with Crippen LogP contribution in [0.3, 0.4) is 0 Å². The van der Waals surface area contributed by atoms with Crippen molar-refractivity contribution in [3.05, 3.63) is 54.1 Å². The summed E-state index contributed by atoms with van der Waals surface area (Å²) in [6.07, 6.45) is 2.23. The molecule has 1 heterocycles. The van der Waals surface area contributed by atoms with Crippen LogP contribution in [0, 0.1) is 0 Å². The molecule has 3 rings (SSSR count). The lowest BCUT2D eigenvalue weighted by Crippen LogP contribution is -1.81. The average molecular weight is 237 g/mol. The summed E-state index contributed by atoms with van der Waals surface area (Å²) >= 11 is 0. The number of hydrogen-bond donors (Lipinski definition) is 0. The average Bonchev–Trinajstić information content (AvgIpc) is 2.83. The van der Waals surface area contributed by atoms with Crippen molar-refractivity contribution in [2.75, 3.05) is 0 Å². The van der Waals surface area contributed by atoms with Gasteiger partial charge in [0.15, 0.2) is 5.58 Å². The highest BCUT2D eigenvalue weighted by molar-refractivity contribution is 5.76. The van der Waals surface area contributed by atoms with Gasteiger partial charge in [-0.1, -0.05) is 37.6 Å². The van der Waals surface area contributed by atoms with Gasteiger partial charge in [-0.3, -0.25) is 0 Å². The Hall–Kier alpha value is -2.09. The molecular formula is C16H15NO. The van der Waals surface area contributed by atoms with Crippen LogP contribution in [0.25, 0.3) is 22.6 Å². The van der Waals surface area contributed by atoms with E-state index in [0.717, 1.165) is 29.5 Å². The van der Waals surface area contributed by atoms with E-state index < -0.39 is 0 Å². The maximum atomic E-state index is 5.78. The molecule has 0 N–H and O–H groups in total. The number of nitrogens with zero attached hydrogens (tertiary/aromatic N) is 1. The second kappa shape index (κ2) is 4.65. The van der Waals surface area contributed by atoms with Crippen LogP contribution < -0.4 is 0 Å². The quantitative estimate of drug-likeness (QED) is 0.672. The van der Waals surface area contributed by atoms with Gasteiger partial charge in [-0.15, -0.1) is 0 Å². The summed E-state index contributed by atoms with van der Waals surface area (Å²) in [5, 5.41) is 0. The smallest absolute Gasteiger partial charge is 0.227 e. The predicted molar refractivity (Wildman–Crippen MR) is 73.4 cm³/mol. The number of oxazole rings is 1. The number of aromatic nitrogens is 1. The first-order chi connectivity index (χ1) is 8.86. The Labute approximate surface area is 106 Å². The normalized spacial score (nSPS) is 10.9. The zero-order valence-corrected chi connectivity index (χ0v) is 10.4. The fourth-order valence-electron chi connectivity index (χ4n) is 2.12. The summed E-state index contributed by atoms with van der Waals surface area (Å²) in [7, 11) is 0. The van der Waals surface area contributed by atoms with Gasteiger partial charge in [0.25, 0.3) is 0 Å². The van der Waals surface area contributed by atoms with Gasteiger partial charge in [-0.25, -0.2) is 4.98 Å². The van der Waals surface area contributed by atoms with Crippen LogP contribution in [0.1, 0.15) is 18.9 Å². The van der Waals surface area contributed by atoms with Gasteiger partial charge < -0.3 is 4.42 Å². The van der Waals surface area contributed by atoms with Crippen LogP contribution in [0.2, 0.25) is 0 Å². The Morgan fingerprint density at radius 3 is 2.67 bits per heavy atom. The number of aryl methyl sites for hydroxylation is 1. The van der Waals surface area contributed by atoms with Gasteiger partial charge in [0.2, 0.25) is 5.89 Å². The highest BCUT2D eigenvalue weighted by Crippen LogP contribution is 2.24. The van der Waals surface area contributed by atoms with E-state index in [1.165, 1.54) is 5.56 Å². The SMILES string of the molecule is CCCc1ccc2oc(-c3ccccc3)nc2c1. The van der Waals surface area contributed by atoms with Crippen molar-refractivity contribution >= 4 is 11.1 Å². The molecule has 0 aliphatic rings. The summed E-state index contributed by atoms with van der Waals surface area (Å²) < 4.78 is 5.78. The standard InChI is InChI=1S/C16H15NO/c1-2-6-12-9-10-15-14(11-12)17-16(18-15)13-7-4-3-5-8-13/h3-5,7-11H,2,6H2,1H3. The van der Waals surface area contributed by atoms with Crippen LogP contribution in [0.15, 0.2) is 52.9 Å². The van der Waals surface area contributed by atoms with Crippen molar-refractivity contribution in [2.45, 2.75) is 19.8 Å².